The molecule has 0 amide bonds. The number of hydrogen-bond donors (Lipinski definition) is 0. The predicted molar refractivity (Wildman–Crippen MR) is 66.6 cm³/mol. The molecule has 16 heavy (non-hydrogen) atoms. The van der Waals surface area contributed by atoms with Crippen molar-refractivity contribution >= 4 is 0 Å². The molecule has 0 bridgehead atoms. The number of aromatic nitrogens is 2. The summed E-state index contributed by atoms with van der Waals surface area (Å²) in [6.45, 7) is 4.31. The monoisotopic (exact) mass is 214 g/mol. The Hall–Kier alpha value is -1.57. The van der Waals surface area contributed by atoms with Crippen molar-refractivity contribution in [3.63, 3.8) is 0 Å². The van der Waals surface area contributed by atoms with Gasteiger partial charge < -0.3 is 0 Å². The van der Waals surface area contributed by atoms with Crippen molar-refractivity contribution in [2.24, 2.45) is 7.05 Å². The predicted octanol–water partition coefficient (Wildman–Crippen LogP) is 2.88. The highest BCUT2D eigenvalue weighted by atomic mass is 15.3. The second kappa shape index (κ2) is 4.52. The zero-order valence-corrected chi connectivity index (χ0v) is 10.2. The van der Waals surface area contributed by atoms with Crippen molar-refractivity contribution in [2.45, 2.75) is 26.7 Å². The van der Waals surface area contributed by atoms with E-state index in [-0.39, 0.29) is 0 Å². The van der Waals surface area contributed by atoms with E-state index in [0.29, 0.717) is 0 Å². The summed E-state index contributed by atoms with van der Waals surface area (Å²) in [4.78, 5) is 0. The van der Waals surface area contributed by atoms with E-state index >= 15 is 0 Å². The van der Waals surface area contributed by atoms with Gasteiger partial charge in [0, 0.05) is 24.7 Å². The van der Waals surface area contributed by atoms with E-state index < -0.39 is 0 Å². The molecule has 1 heterocycles. The molecule has 0 radical (unpaired) electrons. The van der Waals surface area contributed by atoms with Gasteiger partial charge in [-0.25, -0.2) is 0 Å². The minimum absolute atomic E-state index is 0.990. The topological polar surface area (TPSA) is 17.8 Å². The van der Waals surface area contributed by atoms with Crippen molar-refractivity contribution in [1.82, 2.24) is 9.78 Å². The summed E-state index contributed by atoms with van der Waals surface area (Å²) >= 11 is 0. The van der Waals surface area contributed by atoms with Gasteiger partial charge in [0.25, 0.3) is 0 Å². The highest BCUT2D eigenvalue weighted by molar-refractivity contribution is 5.32. The minimum Gasteiger partial charge on any atom is -0.272 e. The zero-order chi connectivity index (χ0) is 11.5. The van der Waals surface area contributed by atoms with E-state index in [2.05, 4.69) is 49.3 Å². The molecule has 0 saturated heterocycles. The maximum atomic E-state index is 4.54. The molecular weight excluding hydrogens is 196 g/mol. The maximum absolute atomic E-state index is 4.54. The first-order valence-corrected chi connectivity index (χ1v) is 5.77. The van der Waals surface area contributed by atoms with Crippen molar-refractivity contribution in [1.29, 1.82) is 0 Å². The first-order valence-electron chi connectivity index (χ1n) is 5.77. The first kappa shape index (κ1) is 10.9. The highest BCUT2D eigenvalue weighted by Crippen LogP contribution is 2.17. The Kier molecular flexibility index (Phi) is 3.09. The normalized spacial score (nSPS) is 10.7. The van der Waals surface area contributed by atoms with E-state index in [4.69, 9.17) is 0 Å². The van der Waals surface area contributed by atoms with E-state index in [0.717, 1.165) is 12.8 Å². The van der Waals surface area contributed by atoms with Crippen LogP contribution in [0.1, 0.15) is 29.4 Å². The lowest BCUT2D eigenvalue weighted by Gasteiger charge is -2.03. The summed E-state index contributed by atoms with van der Waals surface area (Å²) in [5, 5.41) is 4.54. The summed E-state index contributed by atoms with van der Waals surface area (Å²) in [6, 6.07) is 10.6. The van der Waals surface area contributed by atoms with Gasteiger partial charge >= 0.3 is 0 Å². The molecule has 0 aliphatic carbocycles. The van der Waals surface area contributed by atoms with Gasteiger partial charge in [0.05, 0.1) is 5.69 Å². The van der Waals surface area contributed by atoms with Crippen molar-refractivity contribution in [2.75, 3.05) is 0 Å². The summed E-state index contributed by atoms with van der Waals surface area (Å²) in [6.07, 6.45) is 1.99. The number of hydrogen-bond acceptors (Lipinski definition) is 1. The molecule has 0 aliphatic rings. The van der Waals surface area contributed by atoms with E-state index in [9.17, 15) is 0 Å². The summed E-state index contributed by atoms with van der Waals surface area (Å²) < 4.78 is 1.98. The molecule has 0 spiro atoms. The molecule has 0 unspecified atom stereocenters. The number of benzene rings is 1. The molecule has 2 heteroatoms. The SMILES string of the molecule is CCc1nn(C)c(C)c1Cc1ccccc1. The maximum Gasteiger partial charge on any atom is 0.0659 e. The third kappa shape index (κ3) is 2.01. The standard InChI is InChI=1S/C14H18N2/c1-4-14-13(11(2)16(3)15-14)10-12-8-6-5-7-9-12/h5-9H,4,10H2,1-3H3. The lowest BCUT2D eigenvalue weighted by molar-refractivity contribution is 0.723. The molecule has 1 aromatic heterocycles. The van der Waals surface area contributed by atoms with Gasteiger partial charge in [0.15, 0.2) is 0 Å². The summed E-state index contributed by atoms with van der Waals surface area (Å²) in [7, 11) is 2.02. The van der Waals surface area contributed by atoms with Crippen LogP contribution in [-0.4, -0.2) is 9.78 Å². The molecule has 1 aromatic carbocycles. The van der Waals surface area contributed by atoms with Crippen LogP contribution in [-0.2, 0) is 19.9 Å². The molecule has 2 aromatic rings. The molecule has 2 rings (SSSR count). The highest BCUT2D eigenvalue weighted by Gasteiger charge is 2.11. The lowest BCUT2D eigenvalue weighted by atomic mass is 10.0. The van der Waals surface area contributed by atoms with Crippen molar-refractivity contribution in [3.8, 4) is 0 Å². The Bertz CT molecular complexity index is 469. The molecule has 0 saturated carbocycles. The van der Waals surface area contributed by atoms with Crippen LogP contribution < -0.4 is 0 Å². The van der Waals surface area contributed by atoms with Gasteiger partial charge in [0.2, 0.25) is 0 Å². The number of rotatable bonds is 3. The third-order valence-corrected chi connectivity index (χ3v) is 3.10. The van der Waals surface area contributed by atoms with Crippen LogP contribution in [0.5, 0.6) is 0 Å². The van der Waals surface area contributed by atoms with Crippen molar-refractivity contribution in [3.05, 3.63) is 52.8 Å². The third-order valence-electron chi connectivity index (χ3n) is 3.10. The lowest BCUT2D eigenvalue weighted by Crippen LogP contribution is -1.95. The largest absolute Gasteiger partial charge is 0.272 e. The van der Waals surface area contributed by atoms with E-state index in [1.807, 2.05) is 11.7 Å². The first-order chi connectivity index (χ1) is 7.72. The minimum atomic E-state index is 0.990. The van der Waals surface area contributed by atoms with Crippen LogP contribution in [0.25, 0.3) is 0 Å². The number of aryl methyl sites for hydroxylation is 2. The molecule has 0 atom stereocenters. The summed E-state index contributed by atoms with van der Waals surface area (Å²) in [5.41, 5.74) is 5.24. The van der Waals surface area contributed by atoms with Gasteiger partial charge in [-0.3, -0.25) is 4.68 Å². The van der Waals surface area contributed by atoms with Gasteiger partial charge in [-0.1, -0.05) is 37.3 Å². The van der Waals surface area contributed by atoms with Gasteiger partial charge in [-0.15, -0.1) is 0 Å². The second-order valence-electron chi connectivity index (χ2n) is 4.15. The Balaban J connectivity index is 2.34. The smallest absolute Gasteiger partial charge is 0.0659 e. The fraction of sp³-hybridized carbons (Fsp3) is 0.357. The molecule has 2 nitrogen and oxygen atoms in total. The van der Waals surface area contributed by atoms with Crippen molar-refractivity contribution < 1.29 is 0 Å². The average molecular weight is 214 g/mol. The molecule has 0 N–H and O–H groups in total. The fourth-order valence-electron chi connectivity index (χ4n) is 2.03. The van der Waals surface area contributed by atoms with E-state index in [1.165, 1.54) is 22.5 Å². The molecular formula is C14H18N2. The second-order valence-corrected chi connectivity index (χ2v) is 4.15. The van der Waals surface area contributed by atoms with Crippen LogP contribution in [0.3, 0.4) is 0 Å². The molecule has 0 fully saturated rings. The van der Waals surface area contributed by atoms with E-state index in [1.54, 1.807) is 0 Å². The average Bonchev–Trinajstić information content (AvgIpc) is 2.58. The summed E-state index contributed by atoms with van der Waals surface area (Å²) in [5.74, 6) is 0. The quantitative estimate of drug-likeness (QED) is 0.768. The van der Waals surface area contributed by atoms with Gasteiger partial charge in [0.1, 0.15) is 0 Å². The number of nitrogens with zero attached hydrogens (tertiary/aromatic N) is 2. The zero-order valence-electron chi connectivity index (χ0n) is 10.2. The van der Waals surface area contributed by atoms with Crippen LogP contribution >= 0.6 is 0 Å². The van der Waals surface area contributed by atoms with Crippen LogP contribution in [0.4, 0.5) is 0 Å². The van der Waals surface area contributed by atoms with Crippen LogP contribution in [0.2, 0.25) is 0 Å². The van der Waals surface area contributed by atoms with Gasteiger partial charge in [-0.2, -0.15) is 5.10 Å². The Morgan fingerprint density at radius 2 is 1.88 bits per heavy atom. The molecule has 84 valence electrons. The molecule has 0 aliphatic heterocycles. The van der Waals surface area contributed by atoms with Crippen LogP contribution in [0, 0.1) is 6.92 Å². The fourth-order valence-corrected chi connectivity index (χ4v) is 2.03. The van der Waals surface area contributed by atoms with Gasteiger partial charge in [-0.05, 0) is 18.9 Å². The Morgan fingerprint density at radius 1 is 1.19 bits per heavy atom. The Labute approximate surface area is 96.9 Å². The van der Waals surface area contributed by atoms with Crippen LogP contribution in [0.15, 0.2) is 30.3 Å². The Morgan fingerprint density at radius 3 is 2.50 bits per heavy atom.